The van der Waals surface area contributed by atoms with Crippen molar-refractivity contribution in [2.75, 3.05) is 47.5 Å². The molecule has 2 aromatic heterocycles. The van der Waals surface area contributed by atoms with Crippen molar-refractivity contribution in [2.24, 2.45) is 5.92 Å². The third-order valence-corrected chi connectivity index (χ3v) is 9.10. The first-order chi connectivity index (χ1) is 21.4. The number of hydrogen-bond acceptors (Lipinski definition) is 8. The Balaban J connectivity index is 1.17. The molecule has 2 atom stereocenters. The van der Waals surface area contributed by atoms with Gasteiger partial charge in [0.25, 0.3) is 5.56 Å². The summed E-state index contributed by atoms with van der Waals surface area (Å²) in [5, 5.41) is 15.4. The minimum absolute atomic E-state index is 0.0891. The Morgan fingerprint density at radius 1 is 1.05 bits per heavy atom. The van der Waals surface area contributed by atoms with Gasteiger partial charge in [0.1, 0.15) is 6.33 Å². The van der Waals surface area contributed by atoms with Crippen molar-refractivity contribution >= 4 is 16.9 Å². The number of carbonyl (C=O) groups is 1. The van der Waals surface area contributed by atoms with Crippen molar-refractivity contribution in [1.82, 2.24) is 24.3 Å². The predicted molar refractivity (Wildman–Crippen MR) is 166 cm³/mol. The van der Waals surface area contributed by atoms with E-state index in [-0.39, 0.29) is 29.8 Å². The molecule has 232 valence electrons. The topological polar surface area (TPSA) is 120 Å². The number of nitrogens with one attached hydrogen (secondary N) is 1. The molecule has 4 heterocycles. The van der Waals surface area contributed by atoms with Crippen LogP contribution in [0.3, 0.4) is 0 Å². The first kappa shape index (κ1) is 29.7. The molecule has 1 amide bonds. The first-order valence-corrected chi connectivity index (χ1v) is 15.0. The van der Waals surface area contributed by atoms with Crippen molar-refractivity contribution in [3.8, 4) is 22.9 Å². The van der Waals surface area contributed by atoms with E-state index < -0.39 is 5.60 Å². The fourth-order valence-corrected chi connectivity index (χ4v) is 6.64. The van der Waals surface area contributed by atoms with Crippen LogP contribution < -0.4 is 25.1 Å². The smallest absolute Gasteiger partial charge is 0.262 e. The molecule has 2 aliphatic rings. The van der Waals surface area contributed by atoms with Crippen LogP contribution in [-0.2, 0) is 11.3 Å². The molecule has 0 spiro atoms. The number of hydrogen-bond donors (Lipinski definition) is 2. The Hall–Kier alpha value is -4.35. The molecule has 4 aromatic rings. The molecule has 44 heavy (non-hydrogen) atoms. The van der Waals surface area contributed by atoms with Crippen molar-refractivity contribution < 1.29 is 24.1 Å². The van der Waals surface area contributed by atoms with Crippen LogP contribution in [0, 0.1) is 5.92 Å². The molecule has 0 saturated carbocycles. The van der Waals surface area contributed by atoms with E-state index in [2.05, 4.69) is 22.4 Å². The number of likely N-dealkylation sites (tertiary alicyclic amines) is 1. The zero-order valence-corrected chi connectivity index (χ0v) is 25.4. The van der Waals surface area contributed by atoms with E-state index in [1.54, 1.807) is 50.3 Å². The SMILES string of the molecule is COc1cc(-n2ccc3c(=O)n(CC4(O)CCN(C(=O)[C@@H]5CCNC[C@H]5c5ccccc5)CC4)cnc32)cc(OC)c1OC. The minimum Gasteiger partial charge on any atom is -0.493 e. The molecular formula is C33H39N5O6. The van der Waals surface area contributed by atoms with E-state index in [9.17, 15) is 14.7 Å². The van der Waals surface area contributed by atoms with Gasteiger partial charge in [-0.2, -0.15) is 0 Å². The van der Waals surface area contributed by atoms with E-state index in [0.29, 0.717) is 59.9 Å². The summed E-state index contributed by atoms with van der Waals surface area (Å²) in [7, 11) is 4.64. The Morgan fingerprint density at radius 3 is 2.41 bits per heavy atom. The maximum absolute atomic E-state index is 13.7. The molecule has 2 saturated heterocycles. The van der Waals surface area contributed by atoms with Crippen LogP contribution in [0.4, 0.5) is 0 Å². The quantitative estimate of drug-likeness (QED) is 0.317. The second-order valence-electron chi connectivity index (χ2n) is 11.7. The van der Waals surface area contributed by atoms with Crippen LogP contribution in [0.15, 0.2) is 65.8 Å². The van der Waals surface area contributed by atoms with Gasteiger partial charge in [-0.25, -0.2) is 4.98 Å². The van der Waals surface area contributed by atoms with Crippen LogP contribution in [0.5, 0.6) is 17.2 Å². The predicted octanol–water partition coefficient (Wildman–Crippen LogP) is 2.96. The van der Waals surface area contributed by atoms with Gasteiger partial charge in [0.05, 0.1) is 44.5 Å². The Morgan fingerprint density at radius 2 is 1.75 bits per heavy atom. The number of aliphatic hydroxyl groups is 1. The number of amides is 1. The third-order valence-electron chi connectivity index (χ3n) is 9.10. The van der Waals surface area contributed by atoms with Gasteiger partial charge in [0.2, 0.25) is 11.7 Å². The summed E-state index contributed by atoms with van der Waals surface area (Å²) in [6, 6.07) is 15.5. The lowest BCUT2D eigenvalue weighted by atomic mass is 9.80. The number of ether oxygens (including phenoxy) is 3. The molecule has 0 unspecified atom stereocenters. The highest BCUT2D eigenvalue weighted by atomic mass is 16.5. The number of fused-ring (bicyclic) bond motifs is 1. The average molecular weight is 602 g/mol. The fourth-order valence-electron chi connectivity index (χ4n) is 6.64. The van der Waals surface area contributed by atoms with Gasteiger partial charge in [-0.1, -0.05) is 30.3 Å². The van der Waals surface area contributed by atoms with Crippen LogP contribution in [-0.4, -0.2) is 83.1 Å². The normalized spacial score (nSPS) is 20.0. The number of aromatic nitrogens is 3. The maximum atomic E-state index is 13.7. The zero-order valence-electron chi connectivity index (χ0n) is 25.4. The Bertz CT molecular complexity index is 1670. The van der Waals surface area contributed by atoms with E-state index in [4.69, 9.17) is 14.2 Å². The highest BCUT2D eigenvalue weighted by molar-refractivity contribution is 5.80. The Labute approximate surface area is 256 Å². The van der Waals surface area contributed by atoms with E-state index in [1.807, 2.05) is 23.1 Å². The van der Waals surface area contributed by atoms with Gasteiger partial charge >= 0.3 is 0 Å². The molecule has 6 rings (SSSR count). The summed E-state index contributed by atoms with van der Waals surface area (Å²) in [6.45, 7) is 2.59. The van der Waals surface area contributed by atoms with Gasteiger partial charge in [-0.3, -0.25) is 14.2 Å². The van der Waals surface area contributed by atoms with Crippen molar-refractivity contribution in [2.45, 2.75) is 37.3 Å². The summed E-state index contributed by atoms with van der Waals surface area (Å²) in [5.74, 6) is 1.63. The third kappa shape index (κ3) is 5.53. The Kier molecular flexibility index (Phi) is 8.33. The highest BCUT2D eigenvalue weighted by Crippen LogP contribution is 2.40. The van der Waals surface area contributed by atoms with Gasteiger partial charge < -0.3 is 34.1 Å². The number of methoxy groups -OCH3 is 3. The van der Waals surface area contributed by atoms with Crippen LogP contribution in [0.1, 0.15) is 30.7 Å². The molecule has 2 N–H and O–H groups in total. The van der Waals surface area contributed by atoms with E-state index in [1.165, 1.54) is 16.5 Å². The van der Waals surface area contributed by atoms with Crippen LogP contribution in [0.25, 0.3) is 16.7 Å². The molecule has 0 aliphatic carbocycles. The van der Waals surface area contributed by atoms with Gasteiger partial charge in [0, 0.05) is 49.8 Å². The zero-order chi connectivity index (χ0) is 30.8. The number of rotatable bonds is 8. The lowest BCUT2D eigenvalue weighted by Gasteiger charge is -2.41. The monoisotopic (exact) mass is 601 g/mol. The van der Waals surface area contributed by atoms with E-state index >= 15 is 0 Å². The summed E-state index contributed by atoms with van der Waals surface area (Å²) >= 11 is 0. The molecule has 2 aromatic carbocycles. The second kappa shape index (κ2) is 12.3. The summed E-state index contributed by atoms with van der Waals surface area (Å²) in [5.41, 5.74) is 0.977. The van der Waals surface area contributed by atoms with Crippen molar-refractivity contribution in [3.63, 3.8) is 0 Å². The van der Waals surface area contributed by atoms with Crippen LogP contribution in [0.2, 0.25) is 0 Å². The number of carbonyl (C=O) groups excluding carboxylic acids is 1. The molecule has 0 bridgehead atoms. The largest absolute Gasteiger partial charge is 0.493 e. The average Bonchev–Trinajstić information content (AvgIpc) is 3.50. The number of benzene rings is 2. The van der Waals surface area contributed by atoms with Crippen molar-refractivity contribution in [1.29, 1.82) is 0 Å². The van der Waals surface area contributed by atoms with Gasteiger partial charge in [-0.15, -0.1) is 0 Å². The standard InChI is InChI=1S/C33H39N5O6/c1-42-27-17-23(18-28(43-2)29(27)44-3)38-14-10-25-30(38)35-21-37(32(25)40)20-33(41)11-15-36(16-12-33)31(39)24-9-13-34-19-26(24)22-7-5-4-6-8-22/h4-8,10,14,17-18,21,24,26,34,41H,9,11-13,15-16,19-20H2,1-3H3/t24-,26+/m1/s1. The van der Waals surface area contributed by atoms with E-state index in [0.717, 1.165) is 19.5 Å². The van der Waals surface area contributed by atoms with Gasteiger partial charge in [-0.05, 0) is 37.4 Å². The fraction of sp³-hybridized carbons (Fsp3) is 0.424. The molecule has 11 heteroatoms. The lowest BCUT2D eigenvalue weighted by Crippen LogP contribution is -2.52. The first-order valence-electron chi connectivity index (χ1n) is 15.0. The number of nitrogens with zero attached hydrogens (tertiary/aromatic N) is 4. The molecular weight excluding hydrogens is 562 g/mol. The summed E-state index contributed by atoms with van der Waals surface area (Å²) in [4.78, 5) is 33.7. The maximum Gasteiger partial charge on any atom is 0.262 e. The summed E-state index contributed by atoms with van der Waals surface area (Å²) in [6.07, 6.45) is 4.81. The van der Waals surface area contributed by atoms with Gasteiger partial charge in [0.15, 0.2) is 17.1 Å². The second-order valence-corrected chi connectivity index (χ2v) is 11.7. The molecule has 2 aliphatic heterocycles. The minimum atomic E-state index is -1.12. The van der Waals surface area contributed by atoms with Crippen molar-refractivity contribution in [3.05, 3.63) is 77.0 Å². The molecule has 0 radical (unpaired) electrons. The molecule has 11 nitrogen and oxygen atoms in total. The summed E-state index contributed by atoms with van der Waals surface area (Å²) < 4.78 is 19.7. The lowest BCUT2D eigenvalue weighted by molar-refractivity contribution is -0.141. The highest BCUT2D eigenvalue weighted by Gasteiger charge is 2.39. The number of piperidine rings is 2. The van der Waals surface area contributed by atoms with Crippen LogP contribution >= 0.6 is 0 Å². The molecule has 2 fully saturated rings.